The molecule has 0 aromatic carbocycles. The summed E-state index contributed by atoms with van der Waals surface area (Å²) in [5, 5.41) is 4.39. The van der Waals surface area contributed by atoms with Crippen molar-refractivity contribution in [1.29, 1.82) is 0 Å². The van der Waals surface area contributed by atoms with Crippen LogP contribution < -0.4 is 5.73 Å². The monoisotopic (exact) mass is 249 g/mol. The van der Waals surface area contributed by atoms with Gasteiger partial charge in [0, 0.05) is 24.6 Å². The molecule has 0 saturated heterocycles. The van der Waals surface area contributed by atoms with E-state index in [9.17, 15) is 4.79 Å². The Balaban J connectivity index is 2.06. The Bertz CT molecular complexity index is 425. The molecule has 2 N–H and O–H groups in total. The minimum atomic E-state index is 0.176. The fraction of sp³-hybridized carbons (Fsp3) is 0.714. The lowest BCUT2D eigenvalue weighted by Gasteiger charge is -2.16. The summed E-state index contributed by atoms with van der Waals surface area (Å²) in [5.41, 5.74) is 7.78. The van der Waals surface area contributed by atoms with Crippen molar-refractivity contribution < 1.29 is 4.79 Å². The van der Waals surface area contributed by atoms with E-state index >= 15 is 0 Å². The van der Waals surface area contributed by atoms with Gasteiger partial charge in [-0.25, -0.2) is 0 Å². The lowest BCUT2D eigenvalue weighted by atomic mass is 9.90. The summed E-state index contributed by atoms with van der Waals surface area (Å²) in [7, 11) is 0. The first kappa shape index (κ1) is 13.3. The molecule has 2 atom stereocenters. The molecule has 0 radical (unpaired) electrons. The summed E-state index contributed by atoms with van der Waals surface area (Å²) in [6, 6.07) is 2.02. The molecule has 1 aromatic rings. The van der Waals surface area contributed by atoms with Gasteiger partial charge in [0.1, 0.15) is 5.78 Å². The van der Waals surface area contributed by atoms with Crippen molar-refractivity contribution in [2.45, 2.75) is 46.1 Å². The van der Waals surface area contributed by atoms with Crippen LogP contribution in [-0.2, 0) is 17.8 Å². The van der Waals surface area contributed by atoms with Gasteiger partial charge in [0.2, 0.25) is 0 Å². The third kappa shape index (κ3) is 2.64. The third-order valence-corrected chi connectivity index (χ3v) is 4.02. The van der Waals surface area contributed by atoms with Gasteiger partial charge < -0.3 is 5.73 Å². The summed E-state index contributed by atoms with van der Waals surface area (Å²) < 4.78 is 1.93. The summed E-state index contributed by atoms with van der Waals surface area (Å²) in [6.45, 7) is 5.49. The van der Waals surface area contributed by atoms with Gasteiger partial charge in [0.15, 0.2) is 0 Å². The van der Waals surface area contributed by atoms with E-state index in [0.29, 0.717) is 24.7 Å². The molecule has 1 saturated carbocycles. The van der Waals surface area contributed by atoms with Crippen molar-refractivity contribution in [2.24, 2.45) is 17.6 Å². The maximum Gasteiger partial charge on any atom is 0.142 e. The minimum Gasteiger partial charge on any atom is -0.330 e. The van der Waals surface area contributed by atoms with Crippen LogP contribution in [0.1, 0.15) is 37.6 Å². The number of aromatic nitrogens is 2. The van der Waals surface area contributed by atoms with E-state index in [1.54, 1.807) is 0 Å². The van der Waals surface area contributed by atoms with Gasteiger partial charge in [-0.05, 0) is 45.2 Å². The Morgan fingerprint density at radius 3 is 3.00 bits per heavy atom. The molecule has 18 heavy (non-hydrogen) atoms. The number of nitrogens with zero attached hydrogens (tertiary/aromatic N) is 2. The van der Waals surface area contributed by atoms with Crippen LogP contribution in [0.15, 0.2) is 6.07 Å². The van der Waals surface area contributed by atoms with E-state index < -0.39 is 0 Å². The number of ketones is 1. The Labute approximate surface area is 109 Å². The van der Waals surface area contributed by atoms with Gasteiger partial charge in [0.25, 0.3) is 0 Å². The zero-order chi connectivity index (χ0) is 13.1. The molecule has 1 fully saturated rings. The van der Waals surface area contributed by atoms with Crippen LogP contribution in [0.4, 0.5) is 0 Å². The zero-order valence-electron chi connectivity index (χ0n) is 11.4. The molecule has 1 heterocycles. The molecule has 1 aliphatic rings. The second-order valence-electron chi connectivity index (χ2n) is 5.27. The van der Waals surface area contributed by atoms with E-state index in [2.05, 4.69) is 12.0 Å². The van der Waals surface area contributed by atoms with Crippen molar-refractivity contribution in [3.05, 3.63) is 17.5 Å². The van der Waals surface area contributed by atoms with Gasteiger partial charge in [-0.2, -0.15) is 5.10 Å². The minimum absolute atomic E-state index is 0.176. The SMILES string of the molecule is CCn1nc(C)cc1CC(=O)C1CCCC1CN. The molecular weight excluding hydrogens is 226 g/mol. The van der Waals surface area contributed by atoms with Crippen LogP contribution in [0.2, 0.25) is 0 Å². The normalized spacial score (nSPS) is 23.5. The standard InChI is InChI=1S/C14H23N3O/c1-3-17-12(7-10(2)16-17)8-14(18)13-6-4-5-11(13)9-15/h7,11,13H,3-6,8-9,15H2,1-2H3. The zero-order valence-corrected chi connectivity index (χ0v) is 11.4. The molecule has 0 aliphatic heterocycles. The summed E-state index contributed by atoms with van der Waals surface area (Å²) in [4.78, 5) is 12.4. The van der Waals surface area contributed by atoms with E-state index in [0.717, 1.165) is 37.2 Å². The van der Waals surface area contributed by atoms with Crippen molar-refractivity contribution in [3.8, 4) is 0 Å². The first-order valence-electron chi connectivity index (χ1n) is 6.91. The van der Waals surface area contributed by atoms with Crippen LogP contribution in [-0.4, -0.2) is 22.1 Å². The van der Waals surface area contributed by atoms with E-state index in [-0.39, 0.29) is 5.92 Å². The smallest absolute Gasteiger partial charge is 0.142 e. The molecule has 0 spiro atoms. The van der Waals surface area contributed by atoms with Crippen molar-refractivity contribution in [2.75, 3.05) is 6.54 Å². The summed E-state index contributed by atoms with van der Waals surface area (Å²) in [6.07, 6.45) is 3.78. The largest absolute Gasteiger partial charge is 0.330 e. The average molecular weight is 249 g/mol. The highest BCUT2D eigenvalue weighted by atomic mass is 16.1. The number of Topliss-reactive ketones (excluding diaryl/α,β-unsaturated/α-hetero) is 1. The molecule has 1 aromatic heterocycles. The van der Waals surface area contributed by atoms with Crippen LogP contribution in [0.5, 0.6) is 0 Å². The number of carbonyl (C=O) groups excluding carboxylic acids is 1. The fourth-order valence-electron chi connectivity index (χ4n) is 3.07. The Morgan fingerprint density at radius 2 is 2.33 bits per heavy atom. The maximum absolute atomic E-state index is 12.4. The van der Waals surface area contributed by atoms with Crippen molar-refractivity contribution in [3.63, 3.8) is 0 Å². The second-order valence-corrected chi connectivity index (χ2v) is 5.27. The van der Waals surface area contributed by atoms with E-state index in [4.69, 9.17) is 5.73 Å². The van der Waals surface area contributed by atoms with Crippen LogP contribution >= 0.6 is 0 Å². The number of hydrogen-bond donors (Lipinski definition) is 1. The molecule has 2 unspecified atom stereocenters. The Kier molecular flexibility index (Phi) is 4.17. The van der Waals surface area contributed by atoms with Crippen molar-refractivity contribution >= 4 is 5.78 Å². The molecule has 4 heteroatoms. The lowest BCUT2D eigenvalue weighted by Crippen LogP contribution is -2.27. The molecule has 0 bridgehead atoms. The number of nitrogens with two attached hydrogens (primary N) is 1. The summed E-state index contributed by atoms with van der Waals surface area (Å²) in [5.74, 6) is 0.921. The number of aryl methyl sites for hydroxylation is 2. The Morgan fingerprint density at radius 1 is 1.56 bits per heavy atom. The number of rotatable bonds is 5. The topological polar surface area (TPSA) is 60.9 Å². The van der Waals surface area contributed by atoms with E-state index in [1.807, 2.05) is 17.7 Å². The van der Waals surface area contributed by atoms with E-state index in [1.165, 1.54) is 0 Å². The van der Waals surface area contributed by atoms with Crippen LogP contribution in [0.3, 0.4) is 0 Å². The Hall–Kier alpha value is -1.16. The lowest BCUT2D eigenvalue weighted by molar-refractivity contribution is -0.123. The van der Waals surface area contributed by atoms with Gasteiger partial charge in [0.05, 0.1) is 5.69 Å². The molecule has 1 aliphatic carbocycles. The second kappa shape index (κ2) is 5.65. The predicted octanol–water partition coefficient (Wildman–Crippen LogP) is 1.70. The molecule has 2 rings (SSSR count). The first-order valence-corrected chi connectivity index (χ1v) is 6.91. The third-order valence-electron chi connectivity index (χ3n) is 4.02. The molecule has 100 valence electrons. The van der Waals surface area contributed by atoms with Crippen molar-refractivity contribution in [1.82, 2.24) is 9.78 Å². The molecular formula is C14H23N3O. The quantitative estimate of drug-likeness (QED) is 0.864. The van der Waals surface area contributed by atoms with Gasteiger partial charge in [-0.1, -0.05) is 6.42 Å². The van der Waals surface area contributed by atoms with Gasteiger partial charge in [-0.3, -0.25) is 9.48 Å². The highest BCUT2D eigenvalue weighted by Crippen LogP contribution is 2.32. The predicted molar refractivity (Wildman–Crippen MR) is 71.2 cm³/mol. The highest BCUT2D eigenvalue weighted by Gasteiger charge is 2.31. The molecule has 4 nitrogen and oxygen atoms in total. The first-order chi connectivity index (χ1) is 8.65. The molecule has 0 amide bonds. The number of hydrogen-bond acceptors (Lipinski definition) is 3. The summed E-state index contributed by atoms with van der Waals surface area (Å²) >= 11 is 0. The van der Waals surface area contributed by atoms with Gasteiger partial charge >= 0.3 is 0 Å². The average Bonchev–Trinajstić information content (AvgIpc) is 2.95. The van der Waals surface area contributed by atoms with Gasteiger partial charge in [-0.15, -0.1) is 0 Å². The number of carbonyl (C=O) groups is 1. The van der Waals surface area contributed by atoms with Crippen LogP contribution in [0, 0.1) is 18.8 Å². The maximum atomic E-state index is 12.4. The highest BCUT2D eigenvalue weighted by molar-refractivity contribution is 5.83. The fourth-order valence-corrected chi connectivity index (χ4v) is 3.07. The van der Waals surface area contributed by atoms with Crippen LogP contribution in [0.25, 0.3) is 0 Å².